The third-order valence-electron chi connectivity index (χ3n) is 5.85. The Morgan fingerprint density at radius 3 is 2.38 bits per heavy atom. The van der Waals surface area contributed by atoms with Crippen molar-refractivity contribution in [1.29, 1.82) is 0 Å². The molecule has 2 aliphatic rings. The van der Waals surface area contributed by atoms with Crippen molar-refractivity contribution in [3.63, 3.8) is 0 Å². The lowest BCUT2D eigenvalue weighted by Gasteiger charge is -2.16. The quantitative estimate of drug-likeness (QED) is 0.629. The van der Waals surface area contributed by atoms with Gasteiger partial charge in [-0.05, 0) is 48.7 Å². The number of anilines is 2. The third kappa shape index (κ3) is 3.73. The molecule has 3 heterocycles. The minimum Gasteiger partial charge on any atom is -0.357 e. The van der Waals surface area contributed by atoms with Gasteiger partial charge in [-0.3, -0.25) is 19.3 Å². The van der Waals surface area contributed by atoms with Crippen LogP contribution in [0.25, 0.3) is 0 Å². The fraction of sp³-hybridized carbons (Fsp3) is 0.200. The molecule has 0 unspecified atom stereocenters. The zero-order valence-corrected chi connectivity index (χ0v) is 17.5. The fourth-order valence-corrected chi connectivity index (χ4v) is 4.14. The number of pyridine rings is 1. The van der Waals surface area contributed by atoms with Gasteiger partial charge in [-0.2, -0.15) is 0 Å². The predicted octanol–water partition coefficient (Wildman–Crippen LogP) is 3.73. The molecule has 0 saturated carbocycles. The highest BCUT2D eigenvalue weighted by Gasteiger charge is 2.36. The minimum atomic E-state index is -0.389. The maximum absolute atomic E-state index is 12.9. The molecule has 7 nitrogen and oxygen atoms in total. The van der Waals surface area contributed by atoms with E-state index in [0.717, 1.165) is 24.5 Å². The Morgan fingerprint density at radius 1 is 0.906 bits per heavy atom. The van der Waals surface area contributed by atoms with Crippen LogP contribution in [0.2, 0.25) is 0 Å². The highest BCUT2D eigenvalue weighted by Crippen LogP contribution is 2.26. The van der Waals surface area contributed by atoms with Crippen LogP contribution in [0.4, 0.5) is 11.5 Å². The van der Waals surface area contributed by atoms with Crippen LogP contribution in [-0.4, -0.2) is 40.7 Å². The van der Waals surface area contributed by atoms with Crippen LogP contribution in [0.5, 0.6) is 0 Å². The van der Waals surface area contributed by atoms with Gasteiger partial charge in [0, 0.05) is 18.7 Å². The number of rotatable bonds is 5. The Hall–Kier alpha value is -4.00. The molecule has 0 radical (unpaired) electrons. The summed E-state index contributed by atoms with van der Waals surface area (Å²) in [5.41, 5.74) is 2.33. The van der Waals surface area contributed by atoms with E-state index in [-0.39, 0.29) is 29.8 Å². The normalized spacial score (nSPS) is 15.2. The molecule has 3 aromatic rings. The van der Waals surface area contributed by atoms with E-state index in [0.29, 0.717) is 16.8 Å². The van der Waals surface area contributed by atoms with E-state index in [2.05, 4.69) is 15.2 Å². The first-order valence-electron chi connectivity index (χ1n) is 10.7. The lowest BCUT2D eigenvalue weighted by Crippen LogP contribution is -2.29. The highest BCUT2D eigenvalue weighted by atomic mass is 16.2. The van der Waals surface area contributed by atoms with Gasteiger partial charge in [0.1, 0.15) is 5.82 Å². The van der Waals surface area contributed by atoms with Gasteiger partial charge in [-0.25, -0.2) is 4.98 Å². The van der Waals surface area contributed by atoms with E-state index in [1.165, 1.54) is 23.8 Å². The van der Waals surface area contributed by atoms with Crippen molar-refractivity contribution in [3.8, 4) is 0 Å². The fourth-order valence-electron chi connectivity index (χ4n) is 4.14. The minimum absolute atomic E-state index is 0.198. The van der Waals surface area contributed by atoms with Crippen LogP contribution in [-0.2, 0) is 6.54 Å². The standard InChI is InChI=1S/C25H22N4O3/c30-23(27-19-9-11-22(26-15-19)28-12-4-5-13-28)18-8-10-20-21(14-18)25(32)29(24(20)31)16-17-6-2-1-3-7-17/h1-3,6-11,14-15H,4-5,12-13,16H2,(H,27,30). The zero-order valence-electron chi connectivity index (χ0n) is 17.5. The van der Waals surface area contributed by atoms with Crippen LogP contribution >= 0.6 is 0 Å². The second-order valence-electron chi connectivity index (χ2n) is 8.00. The van der Waals surface area contributed by atoms with Crippen LogP contribution in [0.15, 0.2) is 66.9 Å². The van der Waals surface area contributed by atoms with Crippen molar-refractivity contribution in [2.75, 3.05) is 23.3 Å². The van der Waals surface area contributed by atoms with Gasteiger partial charge < -0.3 is 10.2 Å². The van der Waals surface area contributed by atoms with Gasteiger partial charge >= 0.3 is 0 Å². The summed E-state index contributed by atoms with van der Waals surface area (Å²) in [6.45, 7) is 2.20. The molecule has 5 rings (SSSR count). The average Bonchev–Trinajstić information content (AvgIpc) is 3.44. The number of carbonyl (C=O) groups excluding carboxylic acids is 3. The smallest absolute Gasteiger partial charge is 0.261 e. The zero-order chi connectivity index (χ0) is 22.1. The average molecular weight is 426 g/mol. The van der Waals surface area contributed by atoms with E-state index >= 15 is 0 Å². The molecular formula is C25H22N4O3. The number of hydrogen-bond acceptors (Lipinski definition) is 5. The molecule has 0 atom stereocenters. The Balaban J connectivity index is 1.31. The number of benzene rings is 2. The number of fused-ring (bicyclic) bond motifs is 1. The highest BCUT2D eigenvalue weighted by molar-refractivity contribution is 6.22. The monoisotopic (exact) mass is 426 g/mol. The van der Waals surface area contributed by atoms with Gasteiger partial charge in [0.2, 0.25) is 0 Å². The maximum Gasteiger partial charge on any atom is 0.261 e. The van der Waals surface area contributed by atoms with Gasteiger partial charge in [-0.1, -0.05) is 30.3 Å². The Bertz CT molecular complexity index is 1190. The third-order valence-corrected chi connectivity index (χ3v) is 5.85. The van der Waals surface area contributed by atoms with E-state index in [4.69, 9.17) is 0 Å². The first-order valence-corrected chi connectivity index (χ1v) is 10.7. The molecule has 7 heteroatoms. The van der Waals surface area contributed by atoms with Gasteiger partial charge in [-0.15, -0.1) is 0 Å². The summed E-state index contributed by atoms with van der Waals surface area (Å²) in [6, 6.07) is 17.7. The largest absolute Gasteiger partial charge is 0.357 e. The number of nitrogens with one attached hydrogen (secondary N) is 1. The molecule has 160 valence electrons. The maximum atomic E-state index is 12.9. The summed E-state index contributed by atoms with van der Waals surface area (Å²) >= 11 is 0. The van der Waals surface area contributed by atoms with Crippen molar-refractivity contribution >= 4 is 29.2 Å². The lowest BCUT2D eigenvalue weighted by molar-refractivity contribution is 0.0642. The molecular weight excluding hydrogens is 404 g/mol. The van der Waals surface area contributed by atoms with Crippen LogP contribution in [0.1, 0.15) is 49.5 Å². The molecule has 0 aliphatic carbocycles. The summed E-state index contributed by atoms with van der Waals surface area (Å²) in [5.74, 6) is -0.187. The van der Waals surface area contributed by atoms with E-state index in [1.807, 2.05) is 42.5 Å². The van der Waals surface area contributed by atoms with E-state index < -0.39 is 0 Å². The van der Waals surface area contributed by atoms with Crippen molar-refractivity contribution in [3.05, 3.63) is 89.1 Å². The lowest BCUT2D eigenvalue weighted by atomic mass is 10.1. The van der Waals surface area contributed by atoms with Crippen molar-refractivity contribution in [1.82, 2.24) is 9.88 Å². The molecule has 1 saturated heterocycles. The molecule has 0 bridgehead atoms. The SMILES string of the molecule is O=C(Nc1ccc(N2CCCC2)nc1)c1ccc2c(c1)C(=O)N(Cc1ccccc1)C2=O. The first-order chi connectivity index (χ1) is 15.6. The van der Waals surface area contributed by atoms with Gasteiger partial charge in [0.05, 0.1) is 29.6 Å². The van der Waals surface area contributed by atoms with Gasteiger partial charge in [0.25, 0.3) is 17.7 Å². The molecule has 1 N–H and O–H groups in total. The first kappa shape index (κ1) is 19.9. The molecule has 0 spiro atoms. The second kappa shape index (κ2) is 8.26. The summed E-state index contributed by atoms with van der Waals surface area (Å²) in [5, 5.41) is 2.81. The van der Waals surface area contributed by atoms with E-state index in [1.54, 1.807) is 18.3 Å². The summed E-state index contributed by atoms with van der Waals surface area (Å²) in [7, 11) is 0. The molecule has 32 heavy (non-hydrogen) atoms. The summed E-state index contributed by atoms with van der Waals surface area (Å²) in [4.78, 5) is 46.2. The number of aromatic nitrogens is 1. The predicted molar refractivity (Wildman–Crippen MR) is 121 cm³/mol. The molecule has 2 aliphatic heterocycles. The number of imide groups is 1. The van der Waals surface area contributed by atoms with Gasteiger partial charge in [0.15, 0.2) is 0 Å². The summed E-state index contributed by atoms with van der Waals surface area (Å²) in [6.07, 6.45) is 3.97. The number of amides is 3. The van der Waals surface area contributed by atoms with Crippen molar-refractivity contribution < 1.29 is 14.4 Å². The number of hydrogen-bond donors (Lipinski definition) is 1. The number of carbonyl (C=O) groups is 3. The molecule has 2 aromatic carbocycles. The Kier molecular flexibility index (Phi) is 5.15. The van der Waals surface area contributed by atoms with Crippen LogP contribution in [0.3, 0.4) is 0 Å². The van der Waals surface area contributed by atoms with E-state index in [9.17, 15) is 14.4 Å². The Labute approximate surface area is 185 Å². The summed E-state index contributed by atoms with van der Waals surface area (Å²) < 4.78 is 0. The number of nitrogens with zero attached hydrogens (tertiary/aromatic N) is 3. The Morgan fingerprint density at radius 2 is 1.66 bits per heavy atom. The van der Waals surface area contributed by atoms with Crippen molar-refractivity contribution in [2.45, 2.75) is 19.4 Å². The van der Waals surface area contributed by atoms with Crippen LogP contribution in [0, 0.1) is 0 Å². The topological polar surface area (TPSA) is 82.6 Å². The van der Waals surface area contributed by atoms with Crippen LogP contribution < -0.4 is 10.2 Å². The molecule has 3 amide bonds. The molecule has 1 aromatic heterocycles. The van der Waals surface area contributed by atoms with Crippen molar-refractivity contribution in [2.24, 2.45) is 0 Å². The molecule has 1 fully saturated rings. The second-order valence-corrected chi connectivity index (χ2v) is 8.00.